The number of piperazine rings is 1. The normalized spacial score (nSPS) is 17.2. The summed E-state index contributed by atoms with van der Waals surface area (Å²) in [5.74, 6) is -0.715. The van der Waals surface area contributed by atoms with Gasteiger partial charge in [-0.3, -0.25) is 0 Å². The van der Waals surface area contributed by atoms with Gasteiger partial charge in [0.2, 0.25) is 0 Å². The van der Waals surface area contributed by atoms with Gasteiger partial charge in [-0.2, -0.15) is 0 Å². The third-order valence-corrected chi connectivity index (χ3v) is 4.59. The predicted molar refractivity (Wildman–Crippen MR) is 77.5 cm³/mol. The highest BCUT2D eigenvalue weighted by Crippen LogP contribution is 2.31. The van der Waals surface area contributed by atoms with Crippen molar-refractivity contribution in [2.75, 3.05) is 37.6 Å². The summed E-state index contributed by atoms with van der Waals surface area (Å²) in [6, 6.07) is 0. The van der Waals surface area contributed by atoms with E-state index in [1.807, 2.05) is 13.8 Å². The summed E-state index contributed by atoms with van der Waals surface area (Å²) in [7, 11) is 0. The molecule has 0 amide bonds. The maximum absolute atomic E-state index is 11.3. The molecule has 0 aliphatic carbocycles. The largest absolute Gasteiger partial charge is 0.477 e. The second-order valence-electron chi connectivity index (χ2n) is 5.09. The molecule has 0 spiro atoms. The second kappa shape index (κ2) is 5.88. The number of carbonyl (C=O) groups is 1. The summed E-state index contributed by atoms with van der Waals surface area (Å²) >= 11 is 1.31. The molecule has 5 nitrogen and oxygen atoms in total. The smallest absolute Gasteiger partial charge is 0.347 e. The Morgan fingerprint density at radius 2 is 2.00 bits per heavy atom. The van der Waals surface area contributed by atoms with Crippen LogP contribution in [0.5, 0.6) is 0 Å². The van der Waals surface area contributed by atoms with Gasteiger partial charge < -0.3 is 14.9 Å². The Morgan fingerprint density at radius 3 is 2.42 bits per heavy atom. The van der Waals surface area contributed by atoms with Crippen LogP contribution in [0.2, 0.25) is 0 Å². The molecule has 1 fully saturated rings. The number of rotatable bonds is 4. The lowest BCUT2D eigenvalue weighted by Gasteiger charge is -2.33. The van der Waals surface area contributed by atoms with E-state index in [9.17, 15) is 9.90 Å². The van der Waals surface area contributed by atoms with E-state index in [-0.39, 0.29) is 5.92 Å². The number of aromatic carboxylic acids is 1. The van der Waals surface area contributed by atoms with Crippen molar-refractivity contribution in [3.63, 3.8) is 0 Å². The van der Waals surface area contributed by atoms with E-state index in [0.717, 1.165) is 37.9 Å². The molecule has 0 saturated carbocycles. The van der Waals surface area contributed by atoms with E-state index in [0.29, 0.717) is 10.6 Å². The van der Waals surface area contributed by atoms with Crippen LogP contribution in [-0.2, 0) is 0 Å². The van der Waals surface area contributed by atoms with E-state index in [4.69, 9.17) is 0 Å². The number of aromatic nitrogens is 1. The average Bonchev–Trinajstić information content (AvgIpc) is 2.84. The van der Waals surface area contributed by atoms with Crippen LogP contribution >= 0.6 is 11.3 Å². The summed E-state index contributed by atoms with van der Waals surface area (Å²) in [5.41, 5.74) is 0.713. The van der Waals surface area contributed by atoms with Gasteiger partial charge in [-0.15, -0.1) is 0 Å². The summed E-state index contributed by atoms with van der Waals surface area (Å²) in [6.45, 7) is 11.1. The molecule has 1 N–H and O–H groups in total. The lowest BCUT2D eigenvalue weighted by Crippen LogP contribution is -2.46. The van der Waals surface area contributed by atoms with E-state index >= 15 is 0 Å². The van der Waals surface area contributed by atoms with E-state index in [1.165, 1.54) is 11.3 Å². The zero-order valence-electron chi connectivity index (χ0n) is 11.7. The highest BCUT2D eigenvalue weighted by atomic mass is 32.1. The van der Waals surface area contributed by atoms with Gasteiger partial charge in [0, 0.05) is 26.2 Å². The third kappa shape index (κ3) is 3.06. The molecule has 19 heavy (non-hydrogen) atoms. The van der Waals surface area contributed by atoms with Crippen molar-refractivity contribution in [3.05, 3.63) is 10.6 Å². The van der Waals surface area contributed by atoms with Crippen LogP contribution in [0.4, 0.5) is 5.13 Å². The molecule has 0 unspecified atom stereocenters. The zero-order chi connectivity index (χ0) is 14.0. The number of thiazole rings is 1. The van der Waals surface area contributed by atoms with E-state index in [1.54, 1.807) is 0 Å². The summed E-state index contributed by atoms with van der Waals surface area (Å²) < 4.78 is 0. The lowest BCUT2D eigenvalue weighted by molar-refractivity contribution is 0.0700. The van der Waals surface area contributed by atoms with Crippen molar-refractivity contribution in [1.82, 2.24) is 9.88 Å². The first-order chi connectivity index (χ1) is 9.02. The molecule has 0 aromatic carbocycles. The fourth-order valence-corrected chi connectivity index (χ4v) is 3.37. The van der Waals surface area contributed by atoms with Crippen LogP contribution in [0.15, 0.2) is 0 Å². The fourth-order valence-electron chi connectivity index (χ4n) is 2.26. The first-order valence-corrected chi connectivity index (χ1v) is 7.55. The maximum Gasteiger partial charge on any atom is 0.347 e. The number of anilines is 1. The van der Waals surface area contributed by atoms with Gasteiger partial charge in [-0.25, -0.2) is 9.78 Å². The number of nitrogens with zero attached hydrogens (tertiary/aromatic N) is 3. The molecule has 0 bridgehead atoms. The van der Waals surface area contributed by atoms with Gasteiger partial charge >= 0.3 is 5.97 Å². The summed E-state index contributed by atoms with van der Waals surface area (Å²) in [6.07, 6.45) is 0. The molecule has 1 saturated heterocycles. The van der Waals surface area contributed by atoms with Crippen molar-refractivity contribution < 1.29 is 9.90 Å². The zero-order valence-corrected chi connectivity index (χ0v) is 12.5. The number of likely N-dealkylation sites (N-methyl/N-ethyl adjacent to an activating group) is 1. The topological polar surface area (TPSA) is 56.7 Å². The molecular weight excluding hydrogens is 262 g/mol. The fraction of sp³-hybridized carbons (Fsp3) is 0.692. The Kier molecular flexibility index (Phi) is 4.42. The average molecular weight is 283 g/mol. The highest BCUT2D eigenvalue weighted by Gasteiger charge is 2.24. The minimum absolute atomic E-state index is 0.146. The SMILES string of the molecule is CCN1CCN(c2nc(C(C)C)c(C(=O)O)s2)CC1. The van der Waals surface area contributed by atoms with Crippen LogP contribution in [0.3, 0.4) is 0 Å². The third-order valence-electron chi connectivity index (χ3n) is 3.47. The van der Waals surface area contributed by atoms with Crippen molar-refractivity contribution in [3.8, 4) is 0 Å². The molecule has 1 aromatic rings. The molecule has 1 aliphatic rings. The van der Waals surface area contributed by atoms with Gasteiger partial charge in [0.05, 0.1) is 5.69 Å². The quantitative estimate of drug-likeness (QED) is 0.917. The van der Waals surface area contributed by atoms with E-state index < -0.39 is 5.97 Å². The molecule has 0 atom stereocenters. The highest BCUT2D eigenvalue weighted by molar-refractivity contribution is 7.17. The monoisotopic (exact) mass is 283 g/mol. The van der Waals surface area contributed by atoms with Crippen molar-refractivity contribution in [2.45, 2.75) is 26.7 Å². The minimum atomic E-state index is -0.861. The first-order valence-electron chi connectivity index (χ1n) is 6.74. The molecule has 106 valence electrons. The Morgan fingerprint density at radius 1 is 1.37 bits per heavy atom. The van der Waals surface area contributed by atoms with E-state index in [2.05, 4.69) is 21.7 Å². The number of carboxylic acid groups (broad SMARTS) is 1. The van der Waals surface area contributed by atoms with Crippen molar-refractivity contribution in [2.24, 2.45) is 0 Å². The molecule has 1 aromatic heterocycles. The Balaban J connectivity index is 2.17. The molecular formula is C13H21N3O2S. The lowest BCUT2D eigenvalue weighted by atomic mass is 10.1. The van der Waals surface area contributed by atoms with Crippen LogP contribution < -0.4 is 4.90 Å². The molecule has 1 aliphatic heterocycles. The molecule has 0 radical (unpaired) electrons. The molecule has 6 heteroatoms. The Labute approximate surface area is 117 Å². The Hall–Kier alpha value is -1.14. The number of hydrogen-bond donors (Lipinski definition) is 1. The van der Waals surface area contributed by atoms with Crippen LogP contribution in [0, 0.1) is 0 Å². The van der Waals surface area contributed by atoms with Crippen LogP contribution in [0.1, 0.15) is 42.1 Å². The summed E-state index contributed by atoms with van der Waals surface area (Å²) in [4.78, 5) is 20.8. The van der Waals surface area contributed by atoms with Crippen LogP contribution in [-0.4, -0.2) is 53.7 Å². The second-order valence-corrected chi connectivity index (χ2v) is 6.07. The van der Waals surface area contributed by atoms with Gasteiger partial charge in [0.15, 0.2) is 5.13 Å². The molecule has 2 heterocycles. The minimum Gasteiger partial charge on any atom is -0.477 e. The van der Waals surface area contributed by atoms with Crippen molar-refractivity contribution >= 4 is 22.4 Å². The number of hydrogen-bond acceptors (Lipinski definition) is 5. The van der Waals surface area contributed by atoms with Crippen LogP contribution in [0.25, 0.3) is 0 Å². The predicted octanol–water partition coefficient (Wildman–Crippen LogP) is 2.11. The van der Waals surface area contributed by atoms with Crippen molar-refractivity contribution in [1.29, 1.82) is 0 Å². The van der Waals surface area contributed by atoms with Gasteiger partial charge in [-0.05, 0) is 12.5 Å². The first kappa shape index (κ1) is 14.3. The standard InChI is InChI=1S/C13H21N3O2S/c1-4-15-5-7-16(8-6-15)13-14-10(9(2)3)11(19-13)12(17)18/h9H,4-8H2,1-3H3,(H,17,18). The van der Waals surface area contributed by atoms with Gasteiger partial charge in [0.1, 0.15) is 4.88 Å². The molecule has 2 rings (SSSR count). The maximum atomic E-state index is 11.3. The van der Waals surface area contributed by atoms with Gasteiger partial charge in [-0.1, -0.05) is 32.1 Å². The Bertz CT molecular complexity index is 451. The summed E-state index contributed by atoms with van der Waals surface area (Å²) in [5, 5.41) is 10.1. The number of carboxylic acids is 1. The van der Waals surface area contributed by atoms with Gasteiger partial charge in [0.25, 0.3) is 0 Å².